The summed E-state index contributed by atoms with van der Waals surface area (Å²) in [6, 6.07) is 6.38. The van der Waals surface area contributed by atoms with Crippen molar-refractivity contribution in [1.82, 2.24) is 0 Å². The van der Waals surface area contributed by atoms with Crippen LogP contribution in [0.2, 0.25) is 0 Å². The first-order chi connectivity index (χ1) is 7.80. The van der Waals surface area contributed by atoms with Gasteiger partial charge in [-0.25, -0.2) is 0 Å². The molecule has 4 heteroatoms. The number of hydrogen-bond donors (Lipinski definition) is 1. The fraction of sp³-hybridized carbons (Fsp3) is 0.385. The van der Waals surface area contributed by atoms with E-state index in [-0.39, 0.29) is 12.4 Å². The molecule has 0 aliphatic carbocycles. The molecule has 0 aliphatic rings. The van der Waals surface area contributed by atoms with Gasteiger partial charge in [0.1, 0.15) is 12.4 Å². The van der Waals surface area contributed by atoms with E-state index in [9.17, 15) is 9.59 Å². The van der Waals surface area contributed by atoms with Gasteiger partial charge >= 0.3 is 0 Å². The van der Waals surface area contributed by atoms with Gasteiger partial charge in [0.25, 0.3) is 0 Å². The number of nitrogens with two attached hydrogens (primary N) is 1. The fourth-order valence-electron chi connectivity index (χ4n) is 1.08. The second-order valence-electron chi connectivity index (χ2n) is 4.85. The molecule has 1 amide bonds. The molecule has 0 radical (unpaired) electrons. The van der Waals surface area contributed by atoms with Gasteiger partial charge < -0.3 is 10.5 Å². The standard InChI is InChI=1S/C13H17NO3/c1-13(2,3)11(15)8-17-10-6-4-9(5-7-10)12(14)16/h4-7H,8H2,1-3H3,(H2,14,16). The highest BCUT2D eigenvalue weighted by atomic mass is 16.5. The second kappa shape index (κ2) is 4.99. The van der Waals surface area contributed by atoms with Gasteiger partial charge in [0.05, 0.1) is 0 Å². The van der Waals surface area contributed by atoms with Crippen molar-refractivity contribution >= 4 is 11.7 Å². The predicted octanol–water partition coefficient (Wildman–Crippen LogP) is 1.78. The van der Waals surface area contributed by atoms with Crippen molar-refractivity contribution in [2.75, 3.05) is 6.61 Å². The quantitative estimate of drug-likeness (QED) is 0.864. The minimum atomic E-state index is -0.484. The Kier molecular flexibility index (Phi) is 3.89. The number of carbonyl (C=O) groups excluding carboxylic acids is 2. The van der Waals surface area contributed by atoms with Gasteiger partial charge in [0.2, 0.25) is 5.91 Å². The van der Waals surface area contributed by atoms with Crippen molar-refractivity contribution in [3.8, 4) is 5.75 Å². The molecule has 92 valence electrons. The number of Topliss-reactive ketones (excluding diaryl/α,β-unsaturated/α-hetero) is 1. The zero-order chi connectivity index (χ0) is 13.1. The molecule has 0 atom stereocenters. The van der Waals surface area contributed by atoms with E-state index >= 15 is 0 Å². The molecule has 0 heterocycles. The summed E-state index contributed by atoms with van der Waals surface area (Å²) >= 11 is 0. The molecule has 1 rings (SSSR count). The van der Waals surface area contributed by atoms with Crippen molar-refractivity contribution in [2.24, 2.45) is 11.1 Å². The van der Waals surface area contributed by atoms with Crippen LogP contribution >= 0.6 is 0 Å². The smallest absolute Gasteiger partial charge is 0.248 e. The number of primary amides is 1. The molecule has 0 fully saturated rings. The maximum Gasteiger partial charge on any atom is 0.248 e. The molecule has 0 aliphatic heterocycles. The molecule has 0 unspecified atom stereocenters. The molecule has 1 aromatic carbocycles. The Morgan fingerprint density at radius 2 is 1.71 bits per heavy atom. The summed E-state index contributed by atoms with van der Waals surface area (Å²) in [5.74, 6) is 0.0893. The summed E-state index contributed by atoms with van der Waals surface area (Å²) in [6.07, 6.45) is 0. The molecule has 1 aromatic rings. The van der Waals surface area contributed by atoms with Crippen LogP contribution in [0.1, 0.15) is 31.1 Å². The first kappa shape index (κ1) is 13.2. The Labute approximate surface area is 101 Å². The van der Waals surface area contributed by atoms with Crippen LogP contribution in [0.25, 0.3) is 0 Å². The number of hydrogen-bond acceptors (Lipinski definition) is 3. The first-order valence-electron chi connectivity index (χ1n) is 5.36. The van der Waals surface area contributed by atoms with Crippen LogP contribution < -0.4 is 10.5 Å². The Bertz CT molecular complexity index is 415. The summed E-state index contributed by atoms with van der Waals surface area (Å²) < 4.78 is 5.33. The zero-order valence-electron chi connectivity index (χ0n) is 10.3. The Morgan fingerprint density at radius 1 is 1.18 bits per heavy atom. The third-order valence-corrected chi connectivity index (χ3v) is 2.35. The highest BCUT2D eigenvalue weighted by molar-refractivity contribution is 5.92. The van der Waals surface area contributed by atoms with E-state index in [4.69, 9.17) is 10.5 Å². The number of ether oxygens (including phenoxy) is 1. The molecule has 0 saturated carbocycles. The van der Waals surface area contributed by atoms with E-state index in [1.54, 1.807) is 24.3 Å². The Hall–Kier alpha value is -1.84. The van der Waals surface area contributed by atoms with Crippen molar-refractivity contribution < 1.29 is 14.3 Å². The molecule has 17 heavy (non-hydrogen) atoms. The van der Waals surface area contributed by atoms with Crippen molar-refractivity contribution in [2.45, 2.75) is 20.8 Å². The Balaban J connectivity index is 2.59. The van der Waals surface area contributed by atoms with E-state index in [2.05, 4.69) is 0 Å². The molecule has 0 spiro atoms. The lowest BCUT2D eigenvalue weighted by Gasteiger charge is -2.16. The summed E-state index contributed by atoms with van der Waals surface area (Å²) in [4.78, 5) is 22.5. The normalized spacial score (nSPS) is 11.0. The molecule has 4 nitrogen and oxygen atoms in total. The number of rotatable bonds is 4. The first-order valence-corrected chi connectivity index (χ1v) is 5.36. The minimum Gasteiger partial charge on any atom is -0.486 e. The van der Waals surface area contributed by atoms with Gasteiger partial charge in [0.15, 0.2) is 5.78 Å². The third-order valence-electron chi connectivity index (χ3n) is 2.35. The molecular formula is C13H17NO3. The van der Waals surface area contributed by atoms with E-state index in [0.717, 1.165) is 0 Å². The topological polar surface area (TPSA) is 69.4 Å². The van der Waals surface area contributed by atoms with Crippen LogP contribution in [0, 0.1) is 5.41 Å². The monoisotopic (exact) mass is 235 g/mol. The summed E-state index contributed by atoms with van der Waals surface area (Å²) in [6.45, 7) is 5.55. The zero-order valence-corrected chi connectivity index (χ0v) is 10.3. The van der Waals surface area contributed by atoms with Crippen LogP contribution in [0.5, 0.6) is 5.75 Å². The van der Waals surface area contributed by atoms with Gasteiger partial charge in [-0.15, -0.1) is 0 Å². The highest BCUT2D eigenvalue weighted by Gasteiger charge is 2.21. The third kappa shape index (κ3) is 3.90. The van der Waals surface area contributed by atoms with Gasteiger partial charge in [-0.05, 0) is 24.3 Å². The molecule has 0 saturated heterocycles. The van der Waals surface area contributed by atoms with Crippen molar-refractivity contribution in [1.29, 1.82) is 0 Å². The number of amides is 1. The molecule has 0 bridgehead atoms. The SMILES string of the molecule is CC(C)(C)C(=O)COc1ccc(C(N)=O)cc1. The van der Waals surface area contributed by atoms with E-state index in [1.165, 1.54) is 0 Å². The van der Waals surface area contributed by atoms with Gasteiger partial charge in [-0.1, -0.05) is 20.8 Å². The summed E-state index contributed by atoms with van der Waals surface area (Å²) in [5, 5.41) is 0. The van der Waals surface area contributed by atoms with Crippen LogP contribution in [0.4, 0.5) is 0 Å². The largest absolute Gasteiger partial charge is 0.486 e. The predicted molar refractivity (Wildman–Crippen MR) is 64.9 cm³/mol. The number of benzene rings is 1. The number of ketones is 1. The number of carbonyl (C=O) groups is 2. The second-order valence-corrected chi connectivity index (χ2v) is 4.85. The lowest BCUT2D eigenvalue weighted by molar-refractivity contribution is -0.128. The van der Waals surface area contributed by atoms with Crippen LogP contribution in [-0.4, -0.2) is 18.3 Å². The van der Waals surface area contributed by atoms with Crippen molar-refractivity contribution in [3.63, 3.8) is 0 Å². The molecular weight excluding hydrogens is 218 g/mol. The molecule has 2 N–H and O–H groups in total. The highest BCUT2D eigenvalue weighted by Crippen LogP contribution is 2.17. The minimum absolute atomic E-state index is 0.0245. The Morgan fingerprint density at radius 3 is 2.12 bits per heavy atom. The van der Waals surface area contributed by atoms with E-state index in [0.29, 0.717) is 11.3 Å². The lowest BCUT2D eigenvalue weighted by atomic mass is 9.91. The van der Waals surface area contributed by atoms with Crippen LogP contribution in [0.3, 0.4) is 0 Å². The summed E-state index contributed by atoms with van der Waals surface area (Å²) in [5.41, 5.74) is 5.12. The van der Waals surface area contributed by atoms with Crippen molar-refractivity contribution in [3.05, 3.63) is 29.8 Å². The van der Waals surface area contributed by atoms with E-state index in [1.807, 2.05) is 20.8 Å². The summed E-state index contributed by atoms with van der Waals surface area (Å²) in [7, 11) is 0. The average Bonchev–Trinajstić information content (AvgIpc) is 2.25. The van der Waals surface area contributed by atoms with Gasteiger partial charge in [0, 0.05) is 11.0 Å². The lowest BCUT2D eigenvalue weighted by Crippen LogP contribution is -2.26. The van der Waals surface area contributed by atoms with E-state index < -0.39 is 11.3 Å². The average molecular weight is 235 g/mol. The van der Waals surface area contributed by atoms with Gasteiger partial charge in [-0.2, -0.15) is 0 Å². The maximum atomic E-state index is 11.6. The fourth-order valence-corrected chi connectivity index (χ4v) is 1.08. The van der Waals surface area contributed by atoms with Crippen LogP contribution in [-0.2, 0) is 4.79 Å². The van der Waals surface area contributed by atoms with Crippen LogP contribution in [0.15, 0.2) is 24.3 Å². The molecule has 0 aromatic heterocycles. The van der Waals surface area contributed by atoms with Gasteiger partial charge in [-0.3, -0.25) is 9.59 Å². The maximum absolute atomic E-state index is 11.6.